The van der Waals surface area contributed by atoms with Crippen molar-refractivity contribution in [3.63, 3.8) is 0 Å². The number of aromatic hydroxyl groups is 1. The number of amides is 2. The van der Waals surface area contributed by atoms with Gasteiger partial charge >= 0.3 is 6.03 Å². The van der Waals surface area contributed by atoms with E-state index in [4.69, 9.17) is 5.11 Å². The molecule has 0 spiro atoms. The molecule has 2 aromatic rings. The Bertz CT molecular complexity index is 586. The number of rotatable bonds is 2. The average Bonchev–Trinajstić information content (AvgIpc) is 2.35. The highest BCUT2D eigenvalue weighted by atomic mass is 16.3. The fourth-order valence-corrected chi connectivity index (χ4v) is 1.24. The van der Waals surface area contributed by atoms with Gasteiger partial charge in [-0.2, -0.15) is 5.10 Å². The quantitative estimate of drug-likeness (QED) is 0.595. The predicted octanol–water partition coefficient (Wildman–Crippen LogP) is 1.12. The molecule has 0 aliphatic carbocycles. The number of carbonyl (C=O) groups excluding carboxylic acids is 1. The maximum atomic E-state index is 11.5. The van der Waals surface area contributed by atoms with Gasteiger partial charge in [0.15, 0.2) is 5.82 Å². The molecule has 0 unspecified atom stereocenters. The van der Waals surface area contributed by atoms with Gasteiger partial charge in [0.1, 0.15) is 5.75 Å². The minimum absolute atomic E-state index is 0.114. The molecule has 0 atom stereocenters. The van der Waals surface area contributed by atoms with Gasteiger partial charge in [-0.3, -0.25) is 10.1 Å². The molecule has 1 aromatic heterocycles. The van der Waals surface area contributed by atoms with Gasteiger partial charge in [-0.25, -0.2) is 9.89 Å². The molecule has 7 heteroatoms. The molecule has 0 aliphatic rings. The van der Waals surface area contributed by atoms with Crippen LogP contribution in [-0.4, -0.2) is 21.3 Å². The lowest BCUT2D eigenvalue weighted by Crippen LogP contribution is -2.21. The maximum Gasteiger partial charge on any atom is 0.324 e. The normalized spacial score (nSPS) is 9.78. The standard InChI is InChI=1S/C11H10N4O3/c16-8-3-1-7(2-4-8)12-11(18)13-9-5-6-10(17)15-14-9/h1-6,16H,(H,15,17)(H2,12,13,14,18). The van der Waals surface area contributed by atoms with Crippen LogP contribution in [0, 0.1) is 0 Å². The van der Waals surface area contributed by atoms with E-state index in [0.717, 1.165) is 0 Å². The molecule has 0 aliphatic heterocycles. The van der Waals surface area contributed by atoms with Crippen LogP contribution in [0.2, 0.25) is 0 Å². The number of carbonyl (C=O) groups is 1. The Kier molecular flexibility index (Phi) is 3.24. The molecule has 92 valence electrons. The molecule has 1 heterocycles. The van der Waals surface area contributed by atoms with Crippen LogP contribution in [0.15, 0.2) is 41.2 Å². The van der Waals surface area contributed by atoms with Crippen molar-refractivity contribution in [3.8, 4) is 5.75 Å². The van der Waals surface area contributed by atoms with E-state index in [0.29, 0.717) is 5.69 Å². The molecule has 0 saturated carbocycles. The highest BCUT2D eigenvalue weighted by Gasteiger charge is 2.03. The van der Waals surface area contributed by atoms with E-state index >= 15 is 0 Å². The Hall–Kier alpha value is -2.83. The smallest absolute Gasteiger partial charge is 0.324 e. The van der Waals surface area contributed by atoms with Crippen molar-refractivity contribution in [2.24, 2.45) is 0 Å². The van der Waals surface area contributed by atoms with Crippen molar-refractivity contribution in [1.82, 2.24) is 10.2 Å². The van der Waals surface area contributed by atoms with Gasteiger partial charge in [-0.15, -0.1) is 0 Å². The summed E-state index contributed by atoms with van der Waals surface area (Å²) < 4.78 is 0. The van der Waals surface area contributed by atoms with Crippen molar-refractivity contribution in [1.29, 1.82) is 0 Å². The molecule has 2 amide bonds. The minimum Gasteiger partial charge on any atom is -0.508 e. The molecular formula is C11H10N4O3. The first-order valence-electron chi connectivity index (χ1n) is 5.06. The third kappa shape index (κ3) is 3.08. The SMILES string of the molecule is O=C(Nc1ccc(O)cc1)Nc1ccc(=O)[nH]n1. The highest BCUT2D eigenvalue weighted by molar-refractivity contribution is 5.99. The zero-order valence-electron chi connectivity index (χ0n) is 9.18. The monoisotopic (exact) mass is 246 g/mol. The summed E-state index contributed by atoms with van der Waals surface area (Å²) in [6, 6.07) is 8.14. The molecular weight excluding hydrogens is 236 g/mol. The van der Waals surface area contributed by atoms with Crippen LogP contribution in [0.5, 0.6) is 5.75 Å². The number of hydrogen-bond acceptors (Lipinski definition) is 4. The Labute approximate surface area is 101 Å². The molecule has 2 rings (SSSR count). The fraction of sp³-hybridized carbons (Fsp3) is 0. The first kappa shape index (κ1) is 11.6. The van der Waals surface area contributed by atoms with Gasteiger partial charge in [0.05, 0.1) is 0 Å². The minimum atomic E-state index is -0.500. The lowest BCUT2D eigenvalue weighted by molar-refractivity contribution is 0.262. The van der Waals surface area contributed by atoms with Gasteiger partial charge in [0.25, 0.3) is 5.56 Å². The Morgan fingerprint density at radius 1 is 1.11 bits per heavy atom. The van der Waals surface area contributed by atoms with Crippen molar-refractivity contribution >= 4 is 17.5 Å². The summed E-state index contributed by atoms with van der Waals surface area (Å²) in [5.41, 5.74) is 0.175. The zero-order valence-corrected chi connectivity index (χ0v) is 9.18. The van der Waals surface area contributed by atoms with E-state index < -0.39 is 6.03 Å². The third-order valence-electron chi connectivity index (χ3n) is 2.05. The number of aromatic nitrogens is 2. The summed E-state index contributed by atoms with van der Waals surface area (Å²) in [7, 11) is 0. The topological polar surface area (TPSA) is 107 Å². The van der Waals surface area contributed by atoms with Gasteiger partial charge in [-0.05, 0) is 30.3 Å². The van der Waals surface area contributed by atoms with Crippen molar-refractivity contribution in [2.45, 2.75) is 0 Å². The number of urea groups is 1. The Balaban J connectivity index is 1.98. The second-order valence-corrected chi connectivity index (χ2v) is 3.43. The molecule has 4 N–H and O–H groups in total. The fourth-order valence-electron chi connectivity index (χ4n) is 1.24. The van der Waals surface area contributed by atoms with E-state index in [1.807, 2.05) is 0 Å². The van der Waals surface area contributed by atoms with Gasteiger partial charge in [0, 0.05) is 11.8 Å². The van der Waals surface area contributed by atoms with Gasteiger partial charge in [0.2, 0.25) is 0 Å². The molecule has 0 bridgehead atoms. The Morgan fingerprint density at radius 2 is 1.83 bits per heavy atom. The number of nitrogens with zero attached hydrogens (tertiary/aromatic N) is 1. The molecule has 7 nitrogen and oxygen atoms in total. The van der Waals surface area contributed by atoms with E-state index in [1.54, 1.807) is 12.1 Å². The molecule has 0 saturated heterocycles. The second kappa shape index (κ2) is 5.00. The number of nitrogens with one attached hydrogen (secondary N) is 3. The number of phenolic OH excluding ortho intramolecular Hbond substituents is 1. The number of hydrogen-bond donors (Lipinski definition) is 4. The van der Waals surface area contributed by atoms with Crippen molar-refractivity contribution < 1.29 is 9.90 Å². The Morgan fingerprint density at radius 3 is 2.44 bits per heavy atom. The third-order valence-corrected chi connectivity index (χ3v) is 2.05. The number of H-pyrrole nitrogens is 1. The lowest BCUT2D eigenvalue weighted by atomic mass is 10.3. The van der Waals surface area contributed by atoms with Crippen molar-refractivity contribution in [2.75, 3.05) is 10.6 Å². The summed E-state index contributed by atoms with van der Waals surface area (Å²) in [5, 5.41) is 19.9. The van der Waals surface area contributed by atoms with Crippen molar-refractivity contribution in [3.05, 3.63) is 46.8 Å². The average molecular weight is 246 g/mol. The van der Waals surface area contributed by atoms with Crippen LogP contribution >= 0.6 is 0 Å². The second-order valence-electron chi connectivity index (χ2n) is 3.43. The zero-order chi connectivity index (χ0) is 13.0. The van der Waals surface area contributed by atoms with E-state index in [-0.39, 0.29) is 17.1 Å². The number of benzene rings is 1. The predicted molar refractivity (Wildman–Crippen MR) is 65.6 cm³/mol. The first-order valence-corrected chi connectivity index (χ1v) is 5.06. The summed E-state index contributed by atoms with van der Waals surface area (Å²) in [4.78, 5) is 22.3. The summed E-state index contributed by atoms with van der Waals surface area (Å²) >= 11 is 0. The van der Waals surface area contributed by atoms with Crippen LogP contribution in [0.4, 0.5) is 16.3 Å². The highest BCUT2D eigenvalue weighted by Crippen LogP contribution is 2.13. The lowest BCUT2D eigenvalue weighted by Gasteiger charge is -2.06. The van der Waals surface area contributed by atoms with Crippen LogP contribution in [-0.2, 0) is 0 Å². The number of phenols is 1. The molecule has 1 aromatic carbocycles. The van der Waals surface area contributed by atoms with E-state index in [1.165, 1.54) is 24.3 Å². The maximum absolute atomic E-state index is 11.5. The molecule has 18 heavy (non-hydrogen) atoms. The number of anilines is 2. The van der Waals surface area contributed by atoms with Crippen LogP contribution in [0.1, 0.15) is 0 Å². The first-order chi connectivity index (χ1) is 8.63. The summed E-state index contributed by atoms with van der Waals surface area (Å²) in [5.74, 6) is 0.342. The largest absolute Gasteiger partial charge is 0.508 e. The van der Waals surface area contributed by atoms with Crippen LogP contribution < -0.4 is 16.2 Å². The van der Waals surface area contributed by atoms with E-state index in [2.05, 4.69) is 20.8 Å². The molecule has 0 radical (unpaired) electrons. The summed E-state index contributed by atoms with van der Waals surface area (Å²) in [6.07, 6.45) is 0. The summed E-state index contributed by atoms with van der Waals surface area (Å²) in [6.45, 7) is 0. The van der Waals surface area contributed by atoms with Gasteiger partial charge in [-0.1, -0.05) is 0 Å². The van der Waals surface area contributed by atoms with Crippen LogP contribution in [0.3, 0.4) is 0 Å². The molecule has 0 fully saturated rings. The van der Waals surface area contributed by atoms with Gasteiger partial charge < -0.3 is 10.4 Å². The number of aromatic amines is 1. The van der Waals surface area contributed by atoms with E-state index in [9.17, 15) is 9.59 Å². The van der Waals surface area contributed by atoms with Crippen LogP contribution in [0.25, 0.3) is 0 Å².